The smallest absolute Gasteiger partial charge is 0.222 e. The minimum Gasteiger partial charge on any atom is -0.347 e. The normalized spacial score (nSPS) is 13.4. The standard InChI is InChI=1S/C18H23N3O/c1-13-6-8-15(9-7-13)12-17(16-5-3-4-10-20-16)21-18(22)11-14(2)19/h3-10,14,17H,11-12,19H2,1-2H3,(H,21,22). The van der Waals surface area contributed by atoms with Gasteiger partial charge in [-0.1, -0.05) is 35.9 Å². The van der Waals surface area contributed by atoms with Crippen LogP contribution in [0.1, 0.15) is 36.2 Å². The lowest BCUT2D eigenvalue weighted by molar-refractivity contribution is -0.122. The van der Waals surface area contributed by atoms with Gasteiger partial charge in [-0.05, 0) is 38.0 Å². The molecule has 2 rings (SSSR count). The van der Waals surface area contributed by atoms with Gasteiger partial charge in [0.1, 0.15) is 0 Å². The van der Waals surface area contributed by atoms with E-state index in [-0.39, 0.29) is 18.0 Å². The molecule has 0 aliphatic heterocycles. The quantitative estimate of drug-likeness (QED) is 0.861. The molecule has 22 heavy (non-hydrogen) atoms. The van der Waals surface area contributed by atoms with Crippen LogP contribution in [0.2, 0.25) is 0 Å². The molecule has 0 radical (unpaired) electrons. The van der Waals surface area contributed by atoms with Crippen molar-refractivity contribution >= 4 is 5.91 Å². The number of carbonyl (C=O) groups excluding carboxylic acids is 1. The Morgan fingerprint density at radius 2 is 1.95 bits per heavy atom. The molecule has 1 aromatic heterocycles. The van der Waals surface area contributed by atoms with E-state index in [0.717, 1.165) is 5.69 Å². The van der Waals surface area contributed by atoms with Crippen molar-refractivity contribution in [1.82, 2.24) is 10.3 Å². The summed E-state index contributed by atoms with van der Waals surface area (Å²) >= 11 is 0. The summed E-state index contributed by atoms with van der Waals surface area (Å²) in [6.45, 7) is 3.89. The molecule has 0 bridgehead atoms. The Hall–Kier alpha value is -2.20. The first-order valence-corrected chi connectivity index (χ1v) is 7.56. The second kappa shape index (κ2) is 7.71. The molecule has 2 atom stereocenters. The van der Waals surface area contributed by atoms with Gasteiger partial charge >= 0.3 is 0 Å². The summed E-state index contributed by atoms with van der Waals surface area (Å²) in [6, 6.07) is 13.8. The number of nitrogens with one attached hydrogen (secondary N) is 1. The number of aryl methyl sites for hydroxylation is 1. The van der Waals surface area contributed by atoms with Crippen LogP contribution in [0.5, 0.6) is 0 Å². The van der Waals surface area contributed by atoms with Crippen LogP contribution < -0.4 is 11.1 Å². The Balaban J connectivity index is 2.14. The van der Waals surface area contributed by atoms with Gasteiger partial charge in [-0.15, -0.1) is 0 Å². The van der Waals surface area contributed by atoms with Gasteiger partial charge < -0.3 is 11.1 Å². The number of nitrogens with two attached hydrogens (primary N) is 1. The number of nitrogens with zero attached hydrogens (tertiary/aromatic N) is 1. The van der Waals surface area contributed by atoms with E-state index in [1.54, 1.807) is 6.20 Å². The number of benzene rings is 1. The Kier molecular flexibility index (Phi) is 5.67. The molecule has 2 aromatic rings. The SMILES string of the molecule is Cc1ccc(CC(NC(=O)CC(C)N)c2ccccn2)cc1. The van der Waals surface area contributed by atoms with Gasteiger partial charge in [0.2, 0.25) is 5.91 Å². The van der Waals surface area contributed by atoms with Crippen molar-refractivity contribution in [2.75, 3.05) is 0 Å². The van der Waals surface area contributed by atoms with E-state index in [1.807, 2.05) is 25.1 Å². The molecule has 0 aliphatic carbocycles. The lowest BCUT2D eigenvalue weighted by Gasteiger charge is -2.19. The minimum absolute atomic E-state index is 0.0437. The summed E-state index contributed by atoms with van der Waals surface area (Å²) in [4.78, 5) is 16.4. The van der Waals surface area contributed by atoms with Crippen LogP contribution in [0, 0.1) is 6.92 Å². The van der Waals surface area contributed by atoms with E-state index < -0.39 is 0 Å². The maximum absolute atomic E-state index is 12.1. The summed E-state index contributed by atoms with van der Waals surface area (Å²) in [5, 5.41) is 3.05. The number of amides is 1. The summed E-state index contributed by atoms with van der Waals surface area (Å²) in [5.74, 6) is -0.0437. The molecule has 0 saturated heterocycles. The van der Waals surface area contributed by atoms with E-state index in [9.17, 15) is 4.79 Å². The predicted octanol–water partition coefficient (Wildman–Crippen LogP) is 2.53. The molecule has 3 N–H and O–H groups in total. The molecular weight excluding hydrogens is 274 g/mol. The van der Waals surface area contributed by atoms with Gasteiger partial charge in [0.15, 0.2) is 0 Å². The van der Waals surface area contributed by atoms with Crippen LogP contribution >= 0.6 is 0 Å². The number of pyridine rings is 1. The highest BCUT2D eigenvalue weighted by atomic mass is 16.1. The van der Waals surface area contributed by atoms with Crippen molar-refractivity contribution in [1.29, 1.82) is 0 Å². The van der Waals surface area contributed by atoms with Crippen LogP contribution in [-0.2, 0) is 11.2 Å². The molecule has 0 spiro atoms. The highest BCUT2D eigenvalue weighted by molar-refractivity contribution is 5.77. The minimum atomic E-state index is -0.149. The predicted molar refractivity (Wildman–Crippen MR) is 88.3 cm³/mol. The zero-order valence-corrected chi connectivity index (χ0v) is 13.1. The summed E-state index contributed by atoms with van der Waals surface area (Å²) in [7, 11) is 0. The largest absolute Gasteiger partial charge is 0.347 e. The van der Waals surface area contributed by atoms with E-state index in [2.05, 4.69) is 41.5 Å². The fourth-order valence-electron chi connectivity index (χ4n) is 2.32. The van der Waals surface area contributed by atoms with Gasteiger partial charge in [-0.25, -0.2) is 0 Å². The molecule has 4 nitrogen and oxygen atoms in total. The number of rotatable bonds is 6. The van der Waals surface area contributed by atoms with Crippen LogP contribution in [0.15, 0.2) is 48.7 Å². The van der Waals surface area contributed by atoms with Crippen molar-refractivity contribution in [2.45, 2.75) is 38.8 Å². The van der Waals surface area contributed by atoms with E-state index >= 15 is 0 Å². The average Bonchev–Trinajstić information content (AvgIpc) is 2.49. The lowest BCUT2D eigenvalue weighted by Crippen LogP contribution is -2.34. The third kappa shape index (κ3) is 4.97. The van der Waals surface area contributed by atoms with E-state index in [0.29, 0.717) is 12.8 Å². The number of hydrogen-bond donors (Lipinski definition) is 2. The second-order valence-electron chi connectivity index (χ2n) is 5.75. The van der Waals surface area contributed by atoms with Crippen molar-refractivity contribution in [3.05, 3.63) is 65.5 Å². The van der Waals surface area contributed by atoms with Gasteiger partial charge in [-0.2, -0.15) is 0 Å². The maximum atomic E-state index is 12.1. The first kappa shape index (κ1) is 16.2. The van der Waals surface area contributed by atoms with Crippen LogP contribution in [0.4, 0.5) is 0 Å². The van der Waals surface area contributed by atoms with Gasteiger partial charge in [0.05, 0.1) is 11.7 Å². The first-order valence-electron chi connectivity index (χ1n) is 7.56. The number of carbonyl (C=O) groups is 1. The van der Waals surface area contributed by atoms with Crippen molar-refractivity contribution < 1.29 is 4.79 Å². The topological polar surface area (TPSA) is 68.0 Å². The van der Waals surface area contributed by atoms with Crippen LogP contribution in [-0.4, -0.2) is 16.9 Å². The molecule has 0 saturated carbocycles. The third-order valence-electron chi connectivity index (χ3n) is 3.45. The van der Waals surface area contributed by atoms with Crippen LogP contribution in [0.25, 0.3) is 0 Å². The number of hydrogen-bond acceptors (Lipinski definition) is 3. The Bertz CT molecular complexity index is 593. The van der Waals surface area contributed by atoms with Crippen molar-refractivity contribution in [3.8, 4) is 0 Å². The maximum Gasteiger partial charge on any atom is 0.222 e. The molecule has 0 aliphatic rings. The summed E-state index contributed by atoms with van der Waals surface area (Å²) < 4.78 is 0. The van der Waals surface area contributed by atoms with E-state index in [4.69, 9.17) is 5.73 Å². The molecule has 1 amide bonds. The molecule has 2 unspecified atom stereocenters. The van der Waals surface area contributed by atoms with Gasteiger partial charge in [-0.3, -0.25) is 9.78 Å². The molecule has 0 fully saturated rings. The third-order valence-corrected chi connectivity index (χ3v) is 3.45. The van der Waals surface area contributed by atoms with Crippen LogP contribution in [0.3, 0.4) is 0 Å². The van der Waals surface area contributed by atoms with Crippen molar-refractivity contribution in [2.24, 2.45) is 5.73 Å². The lowest BCUT2D eigenvalue weighted by atomic mass is 10.0. The molecular formula is C18H23N3O. The molecule has 1 heterocycles. The monoisotopic (exact) mass is 297 g/mol. The fraction of sp³-hybridized carbons (Fsp3) is 0.333. The first-order chi connectivity index (χ1) is 10.5. The zero-order chi connectivity index (χ0) is 15.9. The summed E-state index contributed by atoms with van der Waals surface area (Å²) in [6.07, 6.45) is 2.77. The highest BCUT2D eigenvalue weighted by Gasteiger charge is 2.17. The van der Waals surface area contributed by atoms with E-state index in [1.165, 1.54) is 11.1 Å². The molecule has 116 valence electrons. The molecule has 4 heteroatoms. The Morgan fingerprint density at radius 1 is 1.23 bits per heavy atom. The molecule has 1 aromatic carbocycles. The second-order valence-corrected chi connectivity index (χ2v) is 5.75. The Morgan fingerprint density at radius 3 is 2.55 bits per heavy atom. The zero-order valence-electron chi connectivity index (χ0n) is 13.1. The Labute approximate surface area is 131 Å². The van der Waals surface area contributed by atoms with Gasteiger partial charge in [0.25, 0.3) is 0 Å². The van der Waals surface area contributed by atoms with Crippen molar-refractivity contribution in [3.63, 3.8) is 0 Å². The average molecular weight is 297 g/mol. The fourth-order valence-corrected chi connectivity index (χ4v) is 2.32. The highest BCUT2D eigenvalue weighted by Crippen LogP contribution is 2.17. The number of aromatic nitrogens is 1. The van der Waals surface area contributed by atoms with Gasteiger partial charge in [0, 0.05) is 18.7 Å². The summed E-state index contributed by atoms with van der Waals surface area (Å²) in [5.41, 5.74) is 8.95.